The molecule has 0 bridgehead atoms. The van der Waals surface area contributed by atoms with Gasteiger partial charge in [0.05, 0.1) is 5.00 Å². The zero-order valence-electron chi connectivity index (χ0n) is 7.07. The Morgan fingerprint density at radius 1 is 1.29 bits per heavy atom. The first-order valence-electron chi connectivity index (χ1n) is 3.92. The molecule has 1 aromatic carbocycles. The number of benzene rings is 1. The van der Waals surface area contributed by atoms with E-state index in [4.69, 9.17) is 15.8 Å². The van der Waals surface area contributed by atoms with E-state index in [0.717, 1.165) is 5.39 Å². The summed E-state index contributed by atoms with van der Waals surface area (Å²) in [6, 6.07) is 4.32. The Labute approximate surface area is 83.7 Å². The second kappa shape index (κ2) is 3.23. The quantitative estimate of drug-likeness (QED) is 0.594. The average molecular weight is 211 g/mol. The van der Waals surface area contributed by atoms with Crippen molar-refractivity contribution in [1.82, 2.24) is 0 Å². The molecule has 0 aliphatic rings. The van der Waals surface area contributed by atoms with E-state index in [1.165, 1.54) is 23.5 Å². The van der Waals surface area contributed by atoms with Crippen LogP contribution in [0.1, 0.15) is 0 Å². The van der Waals surface area contributed by atoms with Crippen molar-refractivity contribution in [2.75, 3.05) is 5.73 Å². The molecule has 0 amide bonds. The Kier molecular flexibility index (Phi) is 2.18. The van der Waals surface area contributed by atoms with E-state index in [2.05, 4.69) is 0 Å². The topological polar surface area (TPSA) is 66.5 Å². The van der Waals surface area contributed by atoms with Gasteiger partial charge in [-0.2, -0.15) is 0 Å². The fourth-order valence-electron chi connectivity index (χ4n) is 1.30. The van der Waals surface area contributed by atoms with Crippen LogP contribution in [0.2, 0.25) is 0 Å². The molecule has 3 nitrogen and oxygen atoms in total. The summed E-state index contributed by atoms with van der Waals surface area (Å²) < 4.78 is 13.9. The lowest BCUT2D eigenvalue weighted by molar-refractivity contribution is 0.423. The SMILES string of the molecule is Nc1cc2cc(B(O)O)c(F)cc2s1. The Hall–Kier alpha value is -1.11. The summed E-state index contributed by atoms with van der Waals surface area (Å²) in [6.07, 6.45) is 0. The van der Waals surface area contributed by atoms with E-state index in [1.807, 2.05) is 0 Å². The molecule has 72 valence electrons. The highest BCUT2D eigenvalue weighted by atomic mass is 32.1. The van der Waals surface area contributed by atoms with Gasteiger partial charge in [0.15, 0.2) is 0 Å². The lowest BCUT2D eigenvalue weighted by atomic mass is 9.79. The predicted molar refractivity (Wildman–Crippen MR) is 56.0 cm³/mol. The van der Waals surface area contributed by atoms with Crippen molar-refractivity contribution in [1.29, 1.82) is 0 Å². The minimum atomic E-state index is -1.79. The number of hydrogen-bond donors (Lipinski definition) is 3. The van der Waals surface area contributed by atoms with Crippen LogP contribution in [0.25, 0.3) is 10.1 Å². The molecule has 14 heavy (non-hydrogen) atoms. The van der Waals surface area contributed by atoms with E-state index in [1.54, 1.807) is 6.07 Å². The van der Waals surface area contributed by atoms with Crippen LogP contribution in [0.5, 0.6) is 0 Å². The Bertz CT molecular complexity index is 485. The minimum absolute atomic E-state index is 0.129. The van der Waals surface area contributed by atoms with Gasteiger partial charge in [-0.3, -0.25) is 0 Å². The fourth-order valence-corrected chi connectivity index (χ4v) is 2.14. The number of nitrogen functional groups attached to an aromatic ring is 1. The van der Waals surface area contributed by atoms with Crippen molar-refractivity contribution in [3.63, 3.8) is 0 Å². The molecule has 0 unspecified atom stereocenters. The van der Waals surface area contributed by atoms with E-state index in [0.29, 0.717) is 9.70 Å². The van der Waals surface area contributed by atoms with Gasteiger partial charge >= 0.3 is 7.12 Å². The van der Waals surface area contributed by atoms with Gasteiger partial charge in [-0.15, -0.1) is 11.3 Å². The molecule has 0 spiro atoms. The van der Waals surface area contributed by atoms with Crippen molar-refractivity contribution >= 4 is 39.0 Å². The zero-order valence-corrected chi connectivity index (χ0v) is 7.88. The van der Waals surface area contributed by atoms with Gasteiger partial charge in [0, 0.05) is 10.2 Å². The van der Waals surface area contributed by atoms with E-state index in [-0.39, 0.29) is 5.46 Å². The van der Waals surface area contributed by atoms with E-state index < -0.39 is 12.9 Å². The molecule has 0 fully saturated rings. The molecule has 2 rings (SSSR count). The molecule has 0 aliphatic carbocycles. The second-order valence-electron chi connectivity index (χ2n) is 2.93. The second-order valence-corrected chi connectivity index (χ2v) is 4.05. The summed E-state index contributed by atoms with van der Waals surface area (Å²) in [7, 11) is -1.79. The van der Waals surface area contributed by atoms with Crippen LogP contribution in [0, 0.1) is 5.82 Å². The Morgan fingerprint density at radius 3 is 2.64 bits per heavy atom. The van der Waals surface area contributed by atoms with Gasteiger partial charge in [-0.05, 0) is 17.5 Å². The minimum Gasteiger partial charge on any atom is -0.423 e. The highest BCUT2D eigenvalue weighted by Crippen LogP contribution is 2.27. The van der Waals surface area contributed by atoms with Gasteiger partial charge in [0.25, 0.3) is 0 Å². The molecule has 0 radical (unpaired) electrons. The maximum absolute atomic E-state index is 13.2. The summed E-state index contributed by atoms with van der Waals surface area (Å²) in [5, 5.41) is 19.0. The highest BCUT2D eigenvalue weighted by molar-refractivity contribution is 7.22. The lowest BCUT2D eigenvalue weighted by Gasteiger charge is -2.00. The van der Waals surface area contributed by atoms with Gasteiger partial charge in [0.2, 0.25) is 0 Å². The number of hydrogen-bond acceptors (Lipinski definition) is 4. The summed E-state index contributed by atoms with van der Waals surface area (Å²) in [6.45, 7) is 0. The van der Waals surface area contributed by atoms with Crippen LogP contribution in [-0.4, -0.2) is 17.2 Å². The molecule has 4 N–H and O–H groups in total. The standard InChI is InChI=1S/C8H7BFNO2S/c10-6-3-7-4(2-8(11)14-7)1-5(6)9(12)13/h1-3,12-13H,11H2. The van der Waals surface area contributed by atoms with Crippen molar-refractivity contribution in [2.45, 2.75) is 0 Å². The van der Waals surface area contributed by atoms with Crippen molar-refractivity contribution < 1.29 is 14.4 Å². The molecular formula is C8H7BFNO2S. The fraction of sp³-hybridized carbons (Fsp3) is 0. The third-order valence-corrected chi connectivity index (χ3v) is 2.86. The van der Waals surface area contributed by atoms with E-state index in [9.17, 15) is 4.39 Å². The highest BCUT2D eigenvalue weighted by Gasteiger charge is 2.17. The normalized spacial score (nSPS) is 10.8. The molecule has 6 heteroatoms. The number of anilines is 1. The predicted octanol–water partition coefficient (Wildman–Crippen LogP) is 0.302. The molecule has 0 saturated heterocycles. The Morgan fingerprint density at radius 2 is 2.00 bits per heavy atom. The molecule has 0 aliphatic heterocycles. The van der Waals surface area contributed by atoms with Crippen molar-refractivity contribution in [2.24, 2.45) is 0 Å². The van der Waals surface area contributed by atoms with Gasteiger partial charge in [-0.25, -0.2) is 4.39 Å². The first-order valence-corrected chi connectivity index (χ1v) is 4.74. The van der Waals surface area contributed by atoms with Crippen LogP contribution in [0.3, 0.4) is 0 Å². The van der Waals surface area contributed by atoms with Gasteiger partial charge in [0.1, 0.15) is 5.82 Å². The molecular weight excluding hydrogens is 204 g/mol. The smallest absolute Gasteiger partial charge is 0.423 e. The molecule has 0 atom stereocenters. The number of rotatable bonds is 1. The third-order valence-electron chi connectivity index (χ3n) is 1.93. The number of halogens is 1. The third kappa shape index (κ3) is 1.47. The molecule has 2 aromatic rings. The van der Waals surface area contributed by atoms with Gasteiger partial charge < -0.3 is 15.8 Å². The number of thiophene rings is 1. The first-order chi connectivity index (χ1) is 6.58. The maximum atomic E-state index is 13.2. The summed E-state index contributed by atoms with van der Waals surface area (Å²) in [4.78, 5) is 0. The summed E-state index contributed by atoms with van der Waals surface area (Å²) in [5.41, 5.74) is 5.41. The lowest BCUT2D eigenvalue weighted by Crippen LogP contribution is -2.32. The zero-order chi connectivity index (χ0) is 10.3. The molecule has 0 saturated carbocycles. The van der Waals surface area contributed by atoms with Crippen molar-refractivity contribution in [3.05, 3.63) is 24.0 Å². The maximum Gasteiger partial charge on any atom is 0.491 e. The van der Waals surface area contributed by atoms with Crippen LogP contribution < -0.4 is 11.2 Å². The largest absolute Gasteiger partial charge is 0.491 e. The van der Waals surface area contributed by atoms with Crippen LogP contribution in [0.4, 0.5) is 9.39 Å². The van der Waals surface area contributed by atoms with Crippen LogP contribution >= 0.6 is 11.3 Å². The number of nitrogens with two attached hydrogens (primary N) is 1. The number of fused-ring (bicyclic) bond motifs is 1. The van der Waals surface area contributed by atoms with E-state index >= 15 is 0 Å². The van der Waals surface area contributed by atoms with Crippen molar-refractivity contribution in [3.8, 4) is 0 Å². The van der Waals surface area contributed by atoms with Crippen LogP contribution in [0.15, 0.2) is 18.2 Å². The Balaban J connectivity index is 2.70. The average Bonchev–Trinajstić information content (AvgIpc) is 2.42. The van der Waals surface area contributed by atoms with Crippen LogP contribution in [-0.2, 0) is 0 Å². The summed E-state index contributed by atoms with van der Waals surface area (Å²) in [5.74, 6) is -0.630. The summed E-state index contributed by atoms with van der Waals surface area (Å²) >= 11 is 1.26. The first kappa shape index (κ1) is 9.45. The molecule has 1 heterocycles. The molecule has 1 aromatic heterocycles. The monoisotopic (exact) mass is 211 g/mol. The van der Waals surface area contributed by atoms with Gasteiger partial charge in [-0.1, -0.05) is 6.07 Å².